The molecule has 1 atom stereocenters. The number of carbonyl (C=O) groups excluding carboxylic acids is 2. The number of ether oxygens (including phenoxy) is 1. The largest absolute Gasteiger partial charge is 0.506 e. The average molecular weight is 359 g/mol. The lowest BCUT2D eigenvalue weighted by Gasteiger charge is -2.25. The van der Waals surface area contributed by atoms with E-state index in [0.717, 1.165) is 11.1 Å². The van der Waals surface area contributed by atoms with Crippen molar-refractivity contribution in [3.63, 3.8) is 0 Å². The fourth-order valence-corrected chi connectivity index (χ4v) is 3.16. The molecule has 5 heteroatoms. The second-order valence-electron chi connectivity index (χ2n) is 6.35. The third kappa shape index (κ3) is 3.40. The summed E-state index contributed by atoms with van der Waals surface area (Å²) < 4.78 is 5.54. The summed E-state index contributed by atoms with van der Waals surface area (Å²) in [5, 5.41) is 12.5. The quantitative estimate of drug-likeness (QED) is 0.545. The number of aromatic hydroxyl groups is 1. The number of anilines is 1. The van der Waals surface area contributed by atoms with Crippen LogP contribution in [0.4, 0.5) is 5.69 Å². The molecule has 0 aliphatic carbocycles. The Kier molecular flexibility index (Phi) is 4.34. The smallest absolute Gasteiger partial charge is 0.339 e. The predicted molar refractivity (Wildman–Crippen MR) is 101 cm³/mol. The van der Waals surface area contributed by atoms with E-state index in [1.54, 1.807) is 36.4 Å². The van der Waals surface area contributed by atoms with Crippen molar-refractivity contribution in [2.45, 2.75) is 12.5 Å². The number of nitrogens with one attached hydrogen (secondary N) is 1. The molecule has 3 aromatic carbocycles. The van der Waals surface area contributed by atoms with E-state index in [1.807, 2.05) is 30.3 Å². The van der Waals surface area contributed by atoms with Gasteiger partial charge in [-0.1, -0.05) is 42.5 Å². The molecule has 1 amide bonds. The van der Waals surface area contributed by atoms with Gasteiger partial charge in [0.25, 0.3) is 5.91 Å². The molecule has 3 aromatic rings. The highest BCUT2D eigenvalue weighted by molar-refractivity contribution is 6.06. The molecule has 0 radical (unpaired) electrons. The molecule has 27 heavy (non-hydrogen) atoms. The van der Waals surface area contributed by atoms with Gasteiger partial charge < -0.3 is 15.2 Å². The summed E-state index contributed by atoms with van der Waals surface area (Å²) in [6, 6.07) is 21.0. The molecule has 0 aromatic heterocycles. The van der Waals surface area contributed by atoms with Crippen LogP contribution in [0.5, 0.6) is 5.75 Å². The maximum Gasteiger partial charge on any atom is 0.339 e. The number of cyclic esters (lactones) is 1. The van der Waals surface area contributed by atoms with E-state index in [9.17, 15) is 14.7 Å². The molecule has 2 N–H and O–H groups in total. The molecule has 0 unspecified atom stereocenters. The summed E-state index contributed by atoms with van der Waals surface area (Å²) >= 11 is 0. The maximum absolute atomic E-state index is 12.5. The highest BCUT2D eigenvalue weighted by Gasteiger charge is 2.28. The van der Waals surface area contributed by atoms with E-state index in [2.05, 4.69) is 5.32 Å². The van der Waals surface area contributed by atoms with Gasteiger partial charge in [0, 0.05) is 12.0 Å². The average Bonchev–Trinajstić information content (AvgIpc) is 2.70. The van der Waals surface area contributed by atoms with Crippen LogP contribution in [0.2, 0.25) is 0 Å². The van der Waals surface area contributed by atoms with E-state index in [-0.39, 0.29) is 17.8 Å². The molecule has 0 spiro atoms. The van der Waals surface area contributed by atoms with E-state index in [4.69, 9.17) is 4.74 Å². The number of hydrogen-bond acceptors (Lipinski definition) is 4. The summed E-state index contributed by atoms with van der Waals surface area (Å²) in [6.07, 6.45) is 0.130. The lowest BCUT2D eigenvalue weighted by molar-refractivity contribution is 0.0252. The van der Waals surface area contributed by atoms with E-state index in [1.165, 1.54) is 6.07 Å². The van der Waals surface area contributed by atoms with Crippen LogP contribution in [0, 0.1) is 0 Å². The molecule has 1 heterocycles. The zero-order chi connectivity index (χ0) is 18.8. The van der Waals surface area contributed by atoms with Crippen molar-refractivity contribution in [3.05, 3.63) is 95.1 Å². The molecule has 0 bridgehead atoms. The Morgan fingerprint density at radius 1 is 1.00 bits per heavy atom. The van der Waals surface area contributed by atoms with Gasteiger partial charge >= 0.3 is 5.97 Å². The zero-order valence-electron chi connectivity index (χ0n) is 14.4. The highest BCUT2D eigenvalue weighted by atomic mass is 16.5. The summed E-state index contributed by atoms with van der Waals surface area (Å²) in [5.74, 6) is -0.746. The van der Waals surface area contributed by atoms with E-state index >= 15 is 0 Å². The minimum Gasteiger partial charge on any atom is -0.506 e. The van der Waals surface area contributed by atoms with Crippen LogP contribution in [0.25, 0.3) is 0 Å². The molecule has 5 nitrogen and oxygen atoms in total. The molecule has 0 fully saturated rings. The molecular weight excluding hydrogens is 342 g/mol. The second-order valence-corrected chi connectivity index (χ2v) is 6.35. The number of fused-ring (bicyclic) bond motifs is 1. The first-order valence-electron chi connectivity index (χ1n) is 8.60. The predicted octanol–water partition coefficient (Wildman–Crippen LogP) is 4.10. The van der Waals surface area contributed by atoms with Gasteiger partial charge in [0.1, 0.15) is 11.9 Å². The molecule has 134 valence electrons. The zero-order valence-corrected chi connectivity index (χ0v) is 14.4. The Bertz CT molecular complexity index is 1010. The Morgan fingerprint density at radius 3 is 2.52 bits per heavy atom. The topological polar surface area (TPSA) is 75.6 Å². The number of hydrogen-bond donors (Lipinski definition) is 2. The Balaban J connectivity index is 1.60. The first-order valence-corrected chi connectivity index (χ1v) is 8.60. The lowest BCUT2D eigenvalue weighted by atomic mass is 9.93. The summed E-state index contributed by atoms with van der Waals surface area (Å²) in [4.78, 5) is 24.9. The maximum atomic E-state index is 12.5. The molecule has 0 saturated carbocycles. The molecule has 1 aliphatic heterocycles. The van der Waals surface area contributed by atoms with Gasteiger partial charge in [0.2, 0.25) is 0 Å². The van der Waals surface area contributed by atoms with Crippen molar-refractivity contribution in [3.8, 4) is 5.75 Å². The van der Waals surface area contributed by atoms with Gasteiger partial charge in [-0.25, -0.2) is 4.79 Å². The van der Waals surface area contributed by atoms with Crippen molar-refractivity contribution in [1.29, 1.82) is 0 Å². The van der Waals surface area contributed by atoms with Crippen molar-refractivity contribution in [1.82, 2.24) is 0 Å². The number of amides is 1. The number of benzene rings is 3. The van der Waals surface area contributed by atoms with Crippen molar-refractivity contribution >= 4 is 17.6 Å². The molecular formula is C22H17NO4. The second kappa shape index (κ2) is 6.96. The highest BCUT2D eigenvalue weighted by Crippen LogP contribution is 2.31. The van der Waals surface area contributed by atoms with Gasteiger partial charge in [-0.2, -0.15) is 0 Å². The van der Waals surface area contributed by atoms with Crippen molar-refractivity contribution in [2.75, 3.05) is 5.32 Å². The first-order chi connectivity index (χ1) is 13.1. The minimum atomic E-state index is -0.391. The van der Waals surface area contributed by atoms with Gasteiger partial charge in [0.15, 0.2) is 0 Å². The summed E-state index contributed by atoms with van der Waals surface area (Å²) in [7, 11) is 0. The van der Waals surface area contributed by atoms with Crippen LogP contribution in [-0.4, -0.2) is 17.0 Å². The van der Waals surface area contributed by atoms with Gasteiger partial charge in [0.05, 0.1) is 11.3 Å². The standard InChI is InChI=1S/C22H17NO4/c24-19-9-5-4-8-18(19)23-21(25)15-10-11-17-16(12-15)13-20(27-22(17)26)14-6-2-1-3-7-14/h1-12,20,24H,13H2,(H,23,25)/t20-/m0/s1. The third-order valence-corrected chi connectivity index (χ3v) is 4.57. The Hall–Kier alpha value is -3.60. The SMILES string of the molecule is O=C(Nc1ccccc1O)c1ccc2c(c1)C[C@@H](c1ccccc1)OC2=O. The number of phenols is 1. The molecule has 1 aliphatic rings. The van der Waals surface area contributed by atoms with E-state index in [0.29, 0.717) is 23.2 Å². The fourth-order valence-electron chi connectivity index (χ4n) is 3.16. The summed E-state index contributed by atoms with van der Waals surface area (Å²) in [5.41, 5.74) is 2.91. The Labute approximate surface area is 156 Å². The number of esters is 1. The van der Waals surface area contributed by atoms with Crippen LogP contribution in [0.15, 0.2) is 72.8 Å². The van der Waals surface area contributed by atoms with Gasteiger partial charge in [-0.3, -0.25) is 4.79 Å². The number of phenolic OH excluding ortho intramolecular Hbond substituents is 1. The molecule has 4 rings (SSSR count). The number of carbonyl (C=O) groups is 2. The normalized spacial score (nSPS) is 15.6. The van der Waals surface area contributed by atoms with Crippen molar-refractivity contribution in [2.24, 2.45) is 0 Å². The van der Waals surface area contributed by atoms with Gasteiger partial charge in [-0.05, 0) is 41.5 Å². The lowest BCUT2D eigenvalue weighted by Crippen LogP contribution is -2.23. The van der Waals surface area contributed by atoms with Crippen LogP contribution in [-0.2, 0) is 11.2 Å². The van der Waals surface area contributed by atoms with Crippen molar-refractivity contribution < 1.29 is 19.4 Å². The minimum absolute atomic E-state index is 0.00321. The van der Waals surface area contributed by atoms with Crippen LogP contribution in [0.3, 0.4) is 0 Å². The van der Waals surface area contributed by atoms with Crippen LogP contribution >= 0.6 is 0 Å². The van der Waals surface area contributed by atoms with Crippen LogP contribution in [0.1, 0.15) is 37.9 Å². The van der Waals surface area contributed by atoms with Crippen LogP contribution < -0.4 is 5.32 Å². The Morgan fingerprint density at radius 2 is 1.74 bits per heavy atom. The first kappa shape index (κ1) is 16.8. The number of rotatable bonds is 3. The summed E-state index contributed by atoms with van der Waals surface area (Å²) in [6.45, 7) is 0. The third-order valence-electron chi connectivity index (χ3n) is 4.57. The monoisotopic (exact) mass is 359 g/mol. The number of para-hydroxylation sites is 2. The van der Waals surface area contributed by atoms with Gasteiger partial charge in [-0.15, -0.1) is 0 Å². The van der Waals surface area contributed by atoms with E-state index < -0.39 is 5.97 Å². The fraction of sp³-hybridized carbons (Fsp3) is 0.0909. The molecule has 0 saturated heterocycles.